The van der Waals surface area contributed by atoms with Crippen LogP contribution in [0.4, 0.5) is 11.4 Å². The number of methoxy groups -OCH3 is 1. The number of rotatable bonds is 9. The van der Waals surface area contributed by atoms with Gasteiger partial charge in [-0.3, -0.25) is 14.6 Å². The number of halogens is 2. The molecule has 0 spiro atoms. The van der Waals surface area contributed by atoms with Crippen molar-refractivity contribution in [3.05, 3.63) is 87.7 Å². The van der Waals surface area contributed by atoms with Crippen LogP contribution in [0.2, 0.25) is 10.0 Å². The fourth-order valence-corrected chi connectivity index (χ4v) is 6.02. The third kappa shape index (κ3) is 8.05. The van der Waals surface area contributed by atoms with Crippen molar-refractivity contribution in [1.29, 1.82) is 0 Å². The van der Waals surface area contributed by atoms with E-state index in [4.69, 9.17) is 40.2 Å². The Balaban J connectivity index is 1.44. The number of thiocarbonyl (C=S) groups is 1. The molecule has 1 saturated carbocycles. The van der Waals surface area contributed by atoms with Crippen molar-refractivity contribution in [1.82, 2.24) is 15.2 Å². The van der Waals surface area contributed by atoms with E-state index in [0.29, 0.717) is 16.9 Å². The number of hydrogen-bond acceptors (Lipinski definition) is 6. The lowest BCUT2D eigenvalue weighted by Gasteiger charge is -2.33. The van der Waals surface area contributed by atoms with E-state index < -0.39 is 17.9 Å². The SMILES string of the molecule is COC(=O)[C@H](Cc1ccc(NC(=O)c2c(Cl)cncc2Cl)cc1)NC(=S)N(C)c1ccccc1C(=O)N(C)C1CCCCC1. The number of aromatic nitrogens is 1. The van der Waals surface area contributed by atoms with Gasteiger partial charge in [0, 0.05) is 44.6 Å². The summed E-state index contributed by atoms with van der Waals surface area (Å²) >= 11 is 17.9. The number of amides is 2. The Morgan fingerprint density at radius 2 is 1.64 bits per heavy atom. The van der Waals surface area contributed by atoms with E-state index >= 15 is 0 Å². The molecule has 3 aromatic rings. The number of pyridine rings is 1. The molecule has 0 saturated heterocycles. The lowest BCUT2D eigenvalue weighted by atomic mass is 9.94. The van der Waals surface area contributed by atoms with Crippen molar-refractivity contribution in [2.45, 2.75) is 50.6 Å². The highest BCUT2D eigenvalue weighted by molar-refractivity contribution is 7.80. The van der Waals surface area contributed by atoms with Gasteiger partial charge in [-0.2, -0.15) is 0 Å². The van der Waals surface area contributed by atoms with E-state index in [9.17, 15) is 14.4 Å². The number of esters is 1. The number of anilines is 2. The quantitative estimate of drug-likeness (QED) is 0.209. The predicted molar refractivity (Wildman–Crippen MR) is 178 cm³/mol. The first-order valence-corrected chi connectivity index (χ1v) is 15.4. The summed E-state index contributed by atoms with van der Waals surface area (Å²) in [4.78, 5) is 46.4. The van der Waals surface area contributed by atoms with Crippen molar-refractivity contribution >= 4 is 69.7 Å². The number of nitrogens with one attached hydrogen (secondary N) is 2. The molecule has 2 amide bonds. The van der Waals surface area contributed by atoms with Gasteiger partial charge < -0.3 is 25.2 Å². The summed E-state index contributed by atoms with van der Waals surface area (Å²) in [6, 6.07) is 13.7. The maximum Gasteiger partial charge on any atom is 0.328 e. The largest absolute Gasteiger partial charge is 0.467 e. The van der Waals surface area contributed by atoms with E-state index in [2.05, 4.69) is 15.6 Å². The monoisotopic (exact) mass is 655 g/mol. The van der Waals surface area contributed by atoms with Gasteiger partial charge in [-0.1, -0.05) is 66.7 Å². The Labute approximate surface area is 272 Å². The molecule has 1 fully saturated rings. The standard InChI is InChI=1S/C32H35Cl2N5O4S/c1-38(22-9-5-4-6-10-22)30(41)23-11-7-8-12-27(23)39(2)32(44)37-26(31(42)43-3)17-20-13-15-21(16-14-20)36-29(40)28-24(33)18-35-19-25(28)34/h7-8,11-16,18-19,22,26H,4-6,9-10,17H2,1-3H3,(H,36,40)(H,37,44)/t26-/m0/s1. The molecule has 0 radical (unpaired) electrons. The van der Waals surface area contributed by atoms with Crippen LogP contribution in [0.15, 0.2) is 60.9 Å². The van der Waals surface area contributed by atoms with Gasteiger partial charge in [0.25, 0.3) is 11.8 Å². The van der Waals surface area contributed by atoms with Gasteiger partial charge in [0.05, 0.1) is 34.0 Å². The van der Waals surface area contributed by atoms with Crippen molar-refractivity contribution in [3.8, 4) is 0 Å². The third-order valence-electron chi connectivity index (χ3n) is 7.76. The molecule has 12 heteroatoms. The average Bonchev–Trinajstić information content (AvgIpc) is 3.04. The molecule has 1 atom stereocenters. The van der Waals surface area contributed by atoms with Crippen molar-refractivity contribution in [3.63, 3.8) is 0 Å². The summed E-state index contributed by atoms with van der Waals surface area (Å²) in [7, 11) is 4.93. The summed E-state index contributed by atoms with van der Waals surface area (Å²) in [5.74, 6) is -1.03. The second-order valence-corrected chi connectivity index (χ2v) is 11.8. The van der Waals surface area contributed by atoms with Crippen LogP contribution < -0.4 is 15.5 Å². The molecule has 44 heavy (non-hydrogen) atoms. The Kier molecular flexibility index (Phi) is 11.5. The number of ether oxygens (including phenoxy) is 1. The minimum absolute atomic E-state index is 0.0627. The normalized spacial score (nSPS) is 13.8. The molecule has 1 aliphatic rings. The molecule has 1 aliphatic carbocycles. The number of benzene rings is 2. The molecule has 0 unspecified atom stereocenters. The predicted octanol–water partition coefficient (Wildman–Crippen LogP) is 6.14. The molecule has 2 aromatic carbocycles. The molecular formula is C32H35Cl2N5O4S. The Bertz CT molecular complexity index is 1490. The fraction of sp³-hybridized carbons (Fsp3) is 0.344. The maximum atomic E-state index is 13.5. The molecule has 0 bridgehead atoms. The van der Waals surface area contributed by atoms with E-state index in [1.54, 1.807) is 42.3 Å². The summed E-state index contributed by atoms with van der Waals surface area (Å²) in [6.07, 6.45) is 8.40. The Morgan fingerprint density at radius 3 is 2.27 bits per heavy atom. The van der Waals surface area contributed by atoms with E-state index in [1.165, 1.54) is 25.9 Å². The highest BCUT2D eigenvalue weighted by Crippen LogP contribution is 2.27. The highest BCUT2D eigenvalue weighted by atomic mass is 35.5. The topological polar surface area (TPSA) is 104 Å². The molecule has 4 rings (SSSR count). The summed E-state index contributed by atoms with van der Waals surface area (Å²) in [5, 5.41) is 6.41. The Hall–Kier alpha value is -3.73. The van der Waals surface area contributed by atoms with E-state index in [-0.39, 0.29) is 39.1 Å². The summed E-state index contributed by atoms with van der Waals surface area (Å²) in [5.41, 5.74) is 2.61. The van der Waals surface area contributed by atoms with Crippen LogP contribution in [0, 0.1) is 0 Å². The van der Waals surface area contributed by atoms with Crippen LogP contribution in [0.1, 0.15) is 58.4 Å². The molecule has 9 nitrogen and oxygen atoms in total. The first-order chi connectivity index (χ1) is 21.1. The first kappa shape index (κ1) is 33.2. The zero-order chi connectivity index (χ0) is 31.8. The minimum atomic E-state index is -0.808. The number of hydrogen-bond donors (Lipinski definition) is 2. The number of carbonyl (C=O) groups is 3. The number of carbonyl (C=O) groups excluding carboxylic acids is 3. The smallest absolute Gasteiger partial charge is 0.328 e. The molecule has 1 heterocycles. The van der Waals surface area contributed by atoms with Crippen LogP contribution >= 0.6 is 35.4 Å². The number of para-hydroxylation sites is 1. The third-order valence-corrected chi connectivity index (χ3v) is 8.72. The number of nitrogens with zero attached hydrogens (tertiary/aromatic N) is 3. The second kappa shape index (κ2) is 15.3. The molecule has 0 aliphatic heterocycles. The van der Waals surface area contributed by atoms with Crippen LogP contribution in [-0.4, -0.2) is 66.1 Å². The molecular weight excluding hydrogens is 621 g/mol. The summed E-state index contributed by atoms with van der Waals surface area (Å²) < 4.78 is 5.05. The summed E-state index contributed by atoms with van der Waals surface area (Å²) in [6.45, 7) is 0. The van der Waals surface area contributed by atoms with Crippen molar-refractivity contribution in [2.75, 3.05) is 31.4 Å². The van der Waals surface area contributed by atoms with E-state index in [0.717, 1.165) is 31.2 Å². The average molecular weight is 657 g/mol. The fourth-order valence-electron chi connectivity index (χ4n) is 5.24. The first-order valence-electron chi connectivity index (χ1n) is 14.3. The zero-order valence-electron chi connectivity index (χ0n) is 24.8. The Morgan fingerprint density at radius 1 is 1.00 bits per heavy atom. The van der Waals surface area contributed by atoms with Gasteiger partial charge in [0.15, 0.2) is 5.11 Å². The van der Waals surface area contributed by atoms with Gasteiger partial charge in [-0.05, 0) is 54.9 Å². The minimum Gasteiger partial charge on any atom is -0.467 e. The van der Waals surface area contributed by atoms with E-state index in [1.807, 2.05) is 30.1 Å². The van der Waals surface area contributed by atoms with Gasteiger partial charge in [-0.15, -0.1) is 0 Å². The molecule has 232 valence electrons. The van der Waals surface area contributed by atoms with Crippen LogP contribution in [0.5, 0.6) is 0 Å². The zero-order valence-corrected chi connectivity index (χ0v) is 27.1. The second-order valence-electron chi connectivity index (χ2n) is 10.6. The van der Waals surface area contributed by atoms with Crippen LogP contribution in [0.3, 0.4) is 0 Å². The van der Waals surface area contributed by atoms with Gasteiger partial charge in [0.1, 0.15) is 6.04 Å². The maximum absolute atomic E-state index is 13.5. The van der Waals surface area contributed by atoms with Crippen molar-refractivity contribution < 1.29 is 19.1 Å². The highest BCUT2D eigenvalue weighted by Gasteiger charge is 2.27. The van der Waals surface area contributed by atoms with Gasteiger partial charge in [0.2, 0.25) is 0 Å². The lowest BCUT2D eigenvalue weighted by Crippen LogP contribution is -2.48. The molecule has 2 N–H and O–H groups in total. The van der Waals surface area contributed by atoms with Crippen LogP contribution in [0.25, 0.3) is 0 Å². The van der Waals surface area contributed by atoms with Gasteiger partial charge >= 0.3 is 5.97 Å². The van der Waals surface area contributed by atoms with Crippen molar-refractivity contribution in [2.24, 2.45) is 0 Å². The molecule has 1 aromatic heterocycles. The van der Waals surface area contributed by atoms with Gasteiger partial charge in [-0.25, -0.2) is 4.79 Å². The lowest BCUT2D eigenvalue weighted by molar-refractivity contribution is -0.142. The van der Waals surface area contributed by atoms with Crippen LogP contribution in [-0.2, 0) is 16.0 Å².